The molecule has 0 radical (unpaired) electrons. The standard InChI is InChI=1S/C51H32N4OS/c1-3-12-31(13-4-1)49-52-50(32-14-5-2-6-15-32)54-51(53-49)34-22-25-39-47(29-34)57-46-21-11-18-36(48(39)46)33-23-26-44-40(28-33)41-30-35(24-27-45(41)56-44)55-42-19-9-7-16-37(42)38-17-8-10-20-43(38)55/h1-30,51H,(H,52,53,54). The van der Waals surface area contributed by atoms with Crippen LogP contribution in [0.1, 0.15) is 22.9 Å². The molecule has 1 unspecified atom stereocenters. The van der Waals surface area contributed by atoms with Crippen molar-refractivity contribution in [3.05, 3.63) is 199 Å². The number of aliphatic imine (C=N–C) groups is 2. The molecule has 268 valence electrons. The Hall–Kier alpha value is -7.28. The summed E-state index contributed by atoms with van der Waals surface area (Å²) >= 11 is 1.83. The Morgan fingerprint density at radius 1 is 0.509 bits per heavy atom. The number of rotatable bonds is 5. The van der Waals surface area contributed by atoms with Gasteiger partial charge >= 0.3 is 0 Å². The Balaban J connectivity index is 0.963. The summed E-state index contributed by atoms with van der Waals surface area (Å²) < 4.78 is 11.3. The molecule has 8 aromatic carbocycles. The van der Waals surface area contributed by atoms with Crippen molar-refractivity contribution < 1.29 is 4.42 Å². The topological polar surface area (TPSA) is 54.8 Å². The number of para-hydroxylation sites is 2. The molecule has 3 aromatic heterocycles. The van der Waals surface area contributed by atoms with Crippen LogP contribution in [0, 0.1) is 0 Å². The van der Waals surface area contributed by atoms with Gasteiger partial charge in [0.2, 0.25) is 0 Å². The molecule has 0 aliphatic carbocycles. The van der Waals surface area contributed by atoms with Crippen molar-refractivity contribution >= 4 is 86.9 Å². The van der Waals surface area contributed by atoms with E-state index in [1.54, 1.807) is 0 Å². The fourth-order valence-electron chi connectivity index (χ4n) is 8.60. The summed E-state index contributed by atoms with van der Waals surface area (Å²) in [4.78, 5) is 10.1. The first kappa shape index (κ1) is 32.0. The Bertz CT molecular complexity index is 3390. The van der Waals surface area contributed by atoms with Gasteiger partial charge in [-0.3, -0.25) is 0 Å². The summed E-state index contributed by atoms with van der Waals surface area (Å²) in [5.74, 6) is 1.54. The average Bonchev–Trinajstić information content (AvgIpc) is 3.95. The van der Waals surface area contributed by atoms with Crippen LogP contribution in [0.5, 0.6) is 0 Å². The zero-order valence-electron chi connectivity index (χ0n) is 30.6. The summed E-state index contributed by atoms with van der Waals surface area (Å²) in [6, 6.07) is 64.4. The van der Waals surface area contributed by atoms with Gasteiger partial charge in [-0.25, -0.2) is 9.98 Å². The molecule has 57 heavy (non-hydrogen) atoms. The second-order valence-electron chi connectivity index (χ2n) is 14.6. The van der Waals surface area contributed by atoms with Gasteiger partial charge in [-0.05, 0) is 71.3 Å². The molecule has 6 heteroatoms. The van der Waals surface area contributed by atoms with Crippen molar-refractivity contribution in [3.8, 4) is 16.8 Å². The predicted molar refractivity (Wildman–Crippen MR) is 238 cm³/mol. The van der Waals surface area contributed by atoms with Crippen molar-refractivity contribution in [2.75, 3.05) is 0 Å². The van der Waals surface area contributed by atoms with Crippen LogP contribution >= 0.6 is 11.3 Å². The maximum absolute atomic E-state index is 6.44. The molecule has 1 aliphatic heterocycles. The summed E-state index contributed by atoms with van der Waals surface area (Å²) in [6.07, 6.45) is -0.286. The lowest BCUT2D eigenvalue weighted by molar-refractivity contribution is 0.669. The van der Waals surface area contributed by atoms with Gasteiger partial charge in [-0.15, -0.1) is 11.3 Å². The number of hydrogen-bond acceptors (Lipinski definition) is 5. The number of benzene rings is 8. The third-order valence-electron chi connectivity index (χ3n) is 11.3. The Labute approximate surface area is 331 Å². The van der Waals surface area contributed by atoms with Crippen molar-refractivity contribution in [1.29, 1.82) is 0 Å². The number of amidine groups is 2. The molecule has 0 bridgehead atoms. The molecule has 1 atom stereocenters. The van der Waals surface area contributed by atoms with Gasteiger partial charge in [0.25, 0.3) is 0 Å². The van der Waals surface area contributed by atoms with Crippen LogP contribution in [-0.4, -0.2) is 16.2 Å². The van der Waals surface area contributed by atoms with E-state index < -0.39 is 0 Å². The third kappa shape index (κ3) is 5.15. The number of nitrogens with zero attached hydrogens (tertiary/aromatic N) is 3. The molecule has 0 saturated carbocycles. The summed E-state index contributed by atoms with van der Waals surface area (Å²) in [7, 11) is 0. The van der Waals surface area contributed by atoms with E-state index in [-0.39, 0.29) is 6.17 Å². The maximum atomic E-state index is 6.44. The minimum atomic E-state index is -0.286. The first-order chi connectivity index (χ1) is 28.2. The van der Waals surface area contributed by atoms with Crippen molar-refractivity contribution in [3.63, 3.8) is 0 Å². The number of fused-ring (bicyclic) bond motifs is 9. The van der Waals surface area contributed by atoms with E-state index in [0.29, 0.717) is 0 Å². The molecule has 1 aliphatic rings. The molecule has 11 aromatic rings. The highest BCUT2D eigenvalue weighted by Gasteiger charge is 2.23. The molecule has 0 spiro atoms. The fraction of sp³-hybridized carbons (Fsp3) is 0.0196. The van der Waals surface area contributed by atoms with Gasteiger partial charge in [-0.1, -0.05) is 127 Å². The number of thiophene rings is 1. The van der Waals surface area contributed by atoms with Gasteiger partial charge < -0.3 is 14.3 Å². The lowest BCUT2D eigenvalue weighted by Crippen LogP contribution is -2.33. The predicted octanol–water partition coefficient (Wildman–Crippen LogP) is 13.2. The second-order valence-corrected chi connectivity index (χ2v) is 15.7. The Morgan fingerprint density at radius 2 is 1.19 bits per heavy atom. The quantitative estimate of drug-likeness (QED) is 0.191. The molecule has 12 rings (SSSR count). The van der Waals surface area contributed by atoms with Crippen LogP contribution in [0.2, 0.25) is 0 Å². The van der Waals surface area contributed by atoms with Crippen LogP contribution in [0.4, 0.5) is 0 Å². The molecule has 0 fully saturated rings. The molecule has 0 amide bonds. The van der Waals surface area contributed by atoms with Gasteiger partial charge in [0.1, 0.15) is 23.2 Å². The van der Waals surface area contributed by atoms with Crippen molar-refractivity contribution in [1.82, 2.24) is 9.88 Å². The maximum Gasteiger partial charge on any atom is 0.159 e. The summed E-state index contributed by atoms with van der Waals surface area (Å²) in [6.45, 7) is 0. The molecular weight excluding hydrogens is 717 g/mol. The van der Waals surface area contributed by atoms with E-state index in [4.69, 9.17) is 14.4 Å². The lowest BCUT2D eigenvalue weighted by Gasteiger charge is -2.23. The Morgan fingerprint density at radius 3 is 1.96 bits per heavy atom. The highest BCUT2D eigenvalue weighted by molar-refractivity contribution is 7.26. The van der Waals surface area contributed by atoms with E-state index >= 15 is 0 Å². The largest absolute Gasteiger partial charge is 0.456 e. The summed E-state index contributed by atoms with van der Waals surface area (Å²) in [5.41, 5.74) is 10.8. The molecular formula is C51H32N4OS. The highest BCUT2D eigenvalue weighted by Crippen LogP contribution is 2.43. The van der Waals surface area contributed by atoms with E-state index in [0.717, 1.165) is 61.6 Å². The average molecular weight is 749 g/mol. The number of furan rings is 1. The molecule has 1 N–H and O–H groups in total. The molecule has 4 heterocycles. The van der Waals surface area contributed by atoms with Gasteiger partial charge in [-0.2, -0.15) is 0 Å². The van der Waals surface area contributed by atoms with Gasteiger partial charge in [0.15, 0.2) is 5.84 Å². The van der Waals surface area contributed by atoms with Crippen LogP contribution in [0.3, 0.4) is 0 Å². The molecule has 0 saturated heterocycles. The van der Waals surface area contributed by atoms with E-state index in [2.05, 4.69) is 155 Å². The van der Waals surface area contributed by atoms with Crippen LogP contribution in [-0.2, 0) is 0 Å². The second kappa shape index (κ2) is 12.6. The summed E-state index contributed by atoms with van der Waals surface area (Å²) in [5, 5.41) is 10.8. The SMILES string of the molecule is c1ccc(C2=NC(c3ccc4c(c3)sc3cccc(-c5ccc6oc7ccc(-n8c9ccccc9c9ccccc98)cc7c6c5)c34)NC(c3ccccc3)=N2)cc1. The van der Waals surface area contributed by atoms with Gasteiger partial charge in [0, 0.05) is 58.5 Å². The van der Waals surface area contributed by atoms with Crippen molar-refractivity contribution in [2.24, 2.45) is 9.98 Å². The van der Waals surface area contributed by atoms with Crippen LogP contribution in [0.15, 0.2) is 196 Å². The number of hydrogen-bond donors (Lipinski definition) is 1. The minimum Gasteiger partial charge on any atom is -0.456 e. The smallest absolute Gasteiger partial charge is 0.159 e. The monoisotopic (exact) mass is 748 g/mol. The van der Waals surface area contributed by atoms with E-state index in [9.17, 15) is 0 Å². The first-order valence-electron chi connectivity index (χ1n) is 19.2. The Kier molecular flexibility index (Phi) is 7.09. The van der Waals surface area contributed by atoms with E-state index in [1.807, 2.05) is 47.7 Å². The first-order valence-corrected chi connectivity index (χ1v) is 20.0. The third-order valence-corrected chi connectivity index (χ3v) is 12.4. The molecule has 5 nitrogen and oxygen atoms in total. The lowest BCUT2D eigenvalue weighted by atomic mass is 9.97. The van der Waals surface area contributed by atoms with Crippen LogP contribution < -0.4 is 5.32 Å². The minimum absolute atomic E-state index is 0.286. The van der Waals surface area contributed by atoms with Crippen molar-refractivity contribution in [2.45, 2.75) is 6.17 Å². The zero-order chi connectivity index (χ0) is 37.5. The normalized spacial score (nSPS) is 14.5. The zero-order valence-corrected chi connectivity index (χ0v) is 31.4. The van der Waals surface area contributed by atoms with Gasteiger partial charge in [0.05, 0.1) is 11.0 Å². The van der Waals surface area contributed by atoms with E-state index in [1.165, 1.54) is 47.5 Å². The number of aromatic nitrogens is 1. The van der Waals surface area contributed by atoms with Crippen LogP contribution in [0.25, 0.3) is 80.7 Å². The highest BCUT2D eigenvalue weighted by atomic mass is 32.1. The number of nitrogens with one attached hydrogen (secondary N) is 1. The fourth-order valence-corrected chi connectivity index (χ4v) is 9.79.